The highest BCUT2D eigenvalue weighted by Crippen LogP contribution is 2.32. The second-order valence-electron chi connectivity index (χ2n) is 6.65. The van der Waals surface area contributed by atoms with E-state index in [1.54, 1.807) is 55.6 Å². The van der Waals surface area contributed by atoms with Crippen molar-refractivity contribution in [1.82, 2.24) is 0 Å². The van der Waals surface area contributed by atoms with Crippen molar-refractivity contribution in [3.05, 3.63) is 65.9 Å². The second kappa shape index (κ2) is 9.30. The van der Waals surface area contributed by atoms with E-state index in [9.17, 15) is 9.90 Å². The molecule has 0 saturated heterocycles. The smallest absolute Gasteiger partial charge is 0.255 e. The van der Waals surface area contributed by atoms with E-state index in [2.05, 4.69) is 12.2 Å². The Morgan fingerprint density at radius 2 is 1.90 bits per heavy atom. The van der Waals surface area contributed by atoms with E-state index in [4.69, 9.17) is 13.9 Å². The van der Waals surface area contributed by atoms with Crippen LogP contribution in [0.5, 0.6) is 11.5 Å². The molecule has 0 bridgehead atoms. The summed E-state index contributed by atoms with van der Waals surface area (Å²) in [4.78, 5) is 12.7. The van der Waals surface area contributed by atoms with Crippen molar-refractivity contribution in [2.45, 2.75) is 33.0 Å². The van der Waals surface area contributed by atoms with Crippen LogP contribution >= 0.6 is 0 Å². The molecule has 0 fully saturated rings. The lowest BCUT2D eigenvalue weighted by Crippen LogP contribution is -2.13. The molecule has 1 amide bonds. The average Bonchev–Trinajstić information content (AvgIpc) is 3.23. The Balaban J connectivity index is 1.79. The Bertz CT molecular complexity index is 962. The monoisotopic (exact) mass is 395 g/mol. The summed E-state index contributed by atoms with van der Waals surface area (Å²) in [7, 11) is 1.54. The number of nitrogens with one attached hydrogen (secondary N) is 1. The molecule has 2 N–H and O–H groups in total. The molecule has 1 aromatic heterocycles. The number of ether oxygens (including phenoxy) is 2. The van der Waals surface area contributed by atoms with Crippen molar-refractivity contribution < 1.29 is 23.8 Å². The lowest BCUT2D eigenvalue weighted by molar-refractivity contribution is 0.102. The Labute approximate surface area is 170 Å². The topological polar surface area (TPSA) is 80.9 Å². The maximum Gasteiger partial charge on any atom is 0.255 e. The van der Waals surface area contributed by atoms with Gasteiger partial charge in [-0.3, -0.25) is 4.79 Å². The van der Waals surface area contributed by atoms with Crippen LogP contribution in [-0.4, -0.2) is 24.2 Å². The zero-order chi connectivity index (χ0) is 20.8. The van der Waals surface area contributed by atoms with E-state index >= 15 is 0 Å². The first kappa shape index (κ1) is 20.5. The molecule has 0 saturated carbocycles. The van der Waals surface area contributed by atoms with Gasteiger partial charge in [0.1, 0.15) is 29.6 Å². The third-order valence-electron chi connectivity index (χ3n) is 4.58. The summed E-state index contributed by atoms with van der Waals surface area (Å²) in [5.74, 6) is 2.08. The largest absolute Gasteiger partial charge is 0.495 e. The number of furan rings is 1. The van der Waals surface area contributed by atoms with Crippen LogP contribution in [0.15, 0.2) is 59.0 Å². The van der Waals surface area contributed by atoms with Gasteiger partial charge in [0, 0.05) is 11.1 Å². The molecule has 3 rings (SSSR count). The number of benzene rings is 2. The average molecular weight is 395 g/mol. The Hall–Kier alpha value is -3.25. The van der Waals surface area contributed by atoms with Crippen molar-refractivity contribution in [2.75, 3.05) is 12.4 Å². The quantitative estimate of drug-likeness (QED) is 0.568. The Kier molecular flexibility index (Phi) is 6.57. The highest BCUT2D eigenvalue weighted by molar-refractivity contribution is 6.05. The first-order chi connectivity index (χ1) is 14.0. The van der Waals surface area contributed by atoms with Gasteiger partial charge in [0.15, 0.2) is 0 Å². The molecule has 1 heterocycles. The zero-order valence-corrected chi connectivity index (χ0v) is 16.8. The second-order valence-corrected chi connectivity index (χ2v) is 6.65. The van der Waals surface area contributed by atoms with Crippen LogP contribution in [0, 0.1) is 0 Å². The highest BCUT2D eigenvalue weighted by atomic mass is 16.5. The first-order valence-electron chi connectivity index (χ1n) is 9.50. The summed E-state index contributed by atoms with van der Waals surface area (Å²) in [6.07, 6.45) is 1.03. The number of hydrogen-bond donors (Lipinski definition) is 2. The summed E-state index contributed by atoms with van der Waals surface area (Å²) in [6.45, 7) is 3.89. The Morgan fingerprint density at radius 1 is 1.14 bits per heavy atom. The van der Waals surface area contributed by atoms with Gasteiger partial charge in [-0.25, -0.2) is 0 Å². The van der Waals surface area contributed by atoms with E-state index in [-0.39, 0.29) is 18.6 Å². The molecule has 1 atom stereocenters. The van der Waals surface area contributed by atoms with Crippen LogP contribution in [-0.2, 0) is 6.61 Å². The van der Waals surface area contributed by atoms with Crippen LogP contribution in [0.2, 0.25) is 0 Å². The third kappa shape index (κ3) is 4.97. The molecule has 152 valence electrons. The number of aliphatic hydroxyl groups is 1. The molecule has 0 radical (unpaired) electrons. The van der Waals surface area contributed by atoms with Crippen molar-refractivity contribution in [3.63, 3.8) is 0 Å². The molecule has 0 aliphatic carbocycles. The molecule has 0 spiro atoms. The SMILES string of the molecule is CC[C@@H](C)Oc1ccc(C(=O)Nc2cc(-c3ccc(CO)o3)ccc2OC)cc1. The third-order valence-corrected chi connectivity index (χ3v) is 4.58. The molecule has 0 aliphatic heterocycles. The van der Waals surface area contributed by atoms with Crippen molar-refractivity contribution in [1.29, 1.82) is 0 Å². The lowest BCUT2D eigenvalue weighted by atomic mass is 10.1. The summed E-state index contributed by atoms with van der Waals surface area (Å²) < 4.78 is 16.7. The minimum absolute atomic E-state index is 0.120. The number of aliphatic hydroxyl groups excluding tert-OH is 1. The molecule has 2 aromatic carbocycles. The maximum absolute atomic E-state index is 12.7. The van der Waals surface area contributed by atoms with Gasteiger partial charge in [-0.15, -0.1) is 0 Å². The van der Waals surface area contributed by atoms with Gasteiger partial charge >= 0.3 is 0 Å². The fourth-order valence-corrected chi connectivity index (χ4v) is 2.77. The van der Waals surface area contributed by atoms with Crippen LogP contribution < -0.4 is 14.8 Å². The molecule has 29 heavy (non-hydrogen) atoms. The van der Waals surface area contributed by atoms with Crippen molar-refractivity contribution in [2.24, 2.45) is 0 Å². The van der Waals surface area contributed by atoms with Crippen molar-refractivity contribution in [3.8, 4) is 22.8 Å². The molecule has 0 aliphatic rings. The van der Waals surface area contributed by atoms with E-state index in [1.807, 2.05) is 13.0 Å². The van der Waals surface area contributed by atoms with Gasteiger partial charge in [-0.05, 0) is 67.9 Å². The van der Waals surface area contributed by atoms with Gasteiger partial charge in [-0.1, -0.05) is 6.92 Å². The van der Waals surface area contributed by atoms with Gasteiger partial charge in [-0.2, -0.15) is 0 Å². The number of amides is 1. The molecule has 6 nitrogen and oxygen atoms in total. The van der Waals surface area contributed by atoms with Crippen LogP contribution in [0.25, 0.3) is 11.3 Å². The van der Waals surface area contributed by atoms with Gasteiger partial charge < -0.3 is 24.3 Å². The van der Waals surface area contributed by atoms with Gasteiger partial charge in [0.25, 0.3) is 5.91 Å². The molecular formula is C23H25NO5. The van der Waals surface area contributed by atoms with Crippen LogP contribution in [0.3, 0.4) is 0 Å². The van der Waals surface area contributed by atoms with E-state index in [0.717, 1.165) is 17.7 Å². The summed E-state index contributed by atoms with van der Waals surface area (Å²) in [6, 6.07) is 15.9. The maximum atomic E-state index is 12.7. The summed E-state index contributed by atoms with van der Waals surface area (Å²) >= 11 is 0. The zero-order valence-electron chi connectivity index (χ0n) is 16.8. The highest BCUT2D eigenvalue weighted by Gasteiger charge is 2.13. The fourth-order valence-electron chi connectivity index (χ4n) is 2.77. The Morgan fingerprint density at radius 3 is 2.52 bits per heavy atom. The number of carbonyl (C=O) groups excluding carboxylic acids is 1. The number of rotatable bonds is 8. The number of methoxy groups -OCH3 is 1. The predicted molar refractivity (Wildman–Crippen MR) is 111 cm³/mol. The predicted octanol–water partition coefficient (Wildman–Crippen LogP) is 4.88. The lowest BCUT2D eigenvalue weighted by Gasteiger charge is -2.14. The number of anilines is 1. The van der Waals surface area contributed by atoms with E-state index < -0.39 is 0 Å². The van der Waals surface area contributed by atoms with E-state index in [0.29, 0.717) is 28.5 Å². The normalized spacial score (nSPS) is 11.7. The van der Waals surface area contributed by atoms with Crippen LogP contribution in [0.4, 0.5) is 5.69 Å². The molecule has 3 aromatic rings. The summed E-state index contributed by atoms with van der Waals surface area (Å²) in [5.41, 5.74) is 1.80. The van der Waals surface area contributed by atoms with Crippen molar-refractivity contribution >= 4 is 11.6 Å². The minimum atomic E-state index is -0.258. The number of carbonyl (C=O) groups is 1. The molecule has 6 heteroatoms. The van der Waals surface area contributed by atoms with Gasteiger partial charge in [0.05, 0.1) is 18.9 Å². The molecular weight excluding hydrogens is 370 g/mol. The fraction of sp³-hybridized carbons (Fsp3) is 0.261. The first-order valence-corrected chi connectivity index (χ1v) is 9.50. The number of hydrogen-bond acceptors (Lipinski definition) is 5. The van der Waals surface area contributed by atoms with E-state index in [1.165, 1.54) is 0 Å². The molecule has 0 unspecified atom stereocenters. The van der Waals surface area contributed by atoms with Gasteiger partial charge in [0.2, 0.25) is 0 Å². The van der Waals surface area contributed by atoms with Crippen LogP contribution in [0.1, 0.15) is 36.4 Å². The minimum Gasteiger partial charge on any atom is -0.495 e. The summed E-state index contributed by atoms with van der Waals surface area (Å²) in [5, 5.41) is 12.1. The standard InChI is InChI=1S/C23H25NO5/c1-4-15(2)28-18-8-5-16(6-9-18)23(26)24-20-13-17(7-11-22(20)27-3)21-12-10-19(14-25)29-21/h5-13,15,25H,4,14H2,1-3H3,(H,24,26)/t15-/m1/s1.